The van der Waals surface area contributed by atoms with Gasteiger partial charge in [0.1, 0.15) is 21.8 Å². The molecule has 0 aliphatic carbocycles. The van der Waals surface area contributed by atoms with Gasteiger partial charge in [0, 0.05) is 5.56 Å². The molecule has 122 valence electrons. The first-order valence-corrected chi connectivity index (χ1v) is 7.54. The molecule has 3 N–H and O–H groups in total. The zero-order chi connectivity index (χ0) is 17.0. The summed E-state index contributed by atoms with van der Waals surface area (Å²) in [6.45, 7) is 0. The molecule has 8 nitrogen and oxygen atoms in total. The minimum Gasteiger partial charge on any atom is -0.506 e. The average Bonchev–Trinajstić information content (AvgIpc) is 2.83. The molecule has 1 heterocycles. The van der Waals surface area contributed by atoms with E-state index in [1.807, 2.05) is 0 Å². The van der Waals surface area contributed by atoms with Gasteiger partial charge in [-0.3, -0.25) is 9.59 Å². The molecule has 1 aliphatic heterocycles. The Bertz CT molecular complexity index is 707. The number of hydrogen-bond acceptors (Lipinski definition) is 7. The van der Waals surface area contributed by atoms with E-state index in [9.17, 15) is 14.7 Å². The van der Waals surface area contributed by atoms with Crippen molar-refractivity contribution in [2.45, 2.75) is 11.7 Å². The molecule has 10 heteroatoms. The van der Waals surface area contributed by atoms with Crippen LogP contribution in [0.4, 0.5) is 0 Å². The summed E-state index contributed by atoms with van der Waals surface area (Å²) in [7, 11) is 1.42. The van der Waals surface area contributed by atoms with Crippen molar-refractivity contribution in [2.75, 3.05) is 7.11 Å². The Morgan fingerprint density at radius 1 is 1.57 bits per heavy atom. The highest BCUT2D eigenvalue weighted by atomic mass is 35.5. The Balaban J connectivity index is 2.09. The van der Waals surface area contributed by atoms with Crippen molar-refractivity contribution in [1.82, 2.24) is 5.32 Å². The van der Waals surface area contributed by atoms with Gasteiger partial charge < -0.3 is 20.3 Å². The van der Waals surface area contributed by atoms with Crippen LogP contribution in [0, 0.1) is 0 Å². The molecule has 23 heavy (non-hydrogen) atoms. The highest BCUT2D eigenvalue weighted by Crippen LogP contribution is 2.35. The monoisotopic (exact) mass is 357 g/mol. The van der Waals surface area contributed by atoms with Gasteiger partial charge in [0.25, 0.3) is 0 Å². The standard InChI is InChI=1S/C13H12ClN3O5S/c1-22-7-3-2-6(11(20)10(7)14)5-15-17-13-16-12(21)8(23-13)4-9(18)19/h2-3,5,8,20H,4H2,1H3,(H,18,19)(H,16,17,21). The van der Waals surface area contributed by atoms with Crippen LogP contribution in [0.1, 0.15) is 12.0 Å². The SMILES string of the molecule is COc1ccc(C=NN=C2NC(=O)C(CC(=O)O)S2)c(O)c1Cl. The number of carboxylic acid groups (broad SMARTS) is 1. The first kappa shape index (κ1) is 17.1. The van der Waals surface area contributed by atoms with Crippen LogP contribution in [0.5, 0.6) is 11.5 Å². The van der Waals surface area contributed by atoms with E-state index in [1.54, 1.807) is 6.07 Å². The fraction of sp³-hybridized carbons (Fsp3) is 0.231. The number of nitrogens with zero attached hydrogens (tertiary/aromatic N) is 2. The van der Waals surface area contributed by atoms with Crippen molar-refractivity contribution < 1.29 is 24.5 Å². The number of carbonyl (C=O) groups is 2. The molecule has 1 atom stereocenters. The average molecular weight is 358 g/mol. The highest BCUT2D eigenvalue weighted by molar-refractivity contribution is 8.15. The van der Waals surface area contributed by atoms with Crippen LogP contribution in [0.3, 0.4) is 0 Å². The van der Waals surface area contributed by atoms with Crippen LogP contribution in [0.15, 0.2) is 22.3 Å². The highest BCUT2D eigenvalue weighted by Gasteiger charge is 2.32. The summed E-state index contributed by atoms with van der Waals surface area (Å²) in [5.41, 5.74) is 0.316. The minimum atomic E-state index is -1.07. The topological polar surface area (TPSA) is 121 Å². The fourth-order valence-corrected chi connectivity index (χ4v) is 2.88. The third-order valence-corrected chi connectivity index (χ3v) is 4.25. The van der Waals surface area contributed by atoms with Gasteiger partial charge in [-0.05, 0) is 12.1 Å². The van der Waals surface area contributed by atoms with Gasteiger partial charge in [0.15, 0.2) is 5.17 Å². The van der Waals surface area contributed by atoms with Crippen molar-refractivity contribution in [3.8, 4) is 11.5 Å². The molecule has 1 saturated heterocycles. The maximum Gasteiger partial charge on any atom is 0.305 e. The molecule has 1 aliphatic rings. The van der Waals surface area contributed by atoms with Gasteiger partial charge in [0.05, 0.1) is 19.7 Å². The van der Waals surface area contributed by atoms with Crippen LogP contribution in [-0.2, 0) is 9.59 Å². The van der Waals surface area contributed by atoms with Gasteiger partial charge in [0.2, 0.25) is 5.91 Å². The largest absolute Gasteiger partial charge is 0.506 e. The van der Waals surface area contributed by atoms with E-state index in [0.717, 1.165) is 11.8 Å². The second kappa shape index (κ2) is 7.34. The summed E-state index contributed by atoms with van der Waals surface area (Å²) >= 11 is 6.88. The number of benzene rings is 1. The number of carbonyl (C=O) groups excluding carboxylic acids is 1. The number of phenolic OH excluding ortho intramolecular Hbond substituents is 1. The third kappa shape index (κ3) is 4.14. The molecule has 0 saturated carbocycles. The second-order valence-corrected chi connectivity index (χ2v) is 5.93. The summed E-state index contributed by atoms with van der Waals surface area (Å²) in [6.07, 6.45) is 0.957. The van der Waals surface area contributed by atoms with Crippen molar-refractivity contribution in [2.24, 2.45) is 10.2 Å². The molecule has 1 aromatic rings. The van der Waals surface area contributed by atoms with Gasteiger partial charge in [-0.15, -0.1) is 5.10 Å². The lowest BCUT2D eigenvalue weighted by Gasteiger charge is -2.06. The molecule has 0 spiro atoms. The lowest BCUT2D eigenvalue weighted by molar-refractivity contribution is -0.138. The quantitative estimate of drug-likeness (QED) is 0.541. The Morgan fingerprint density at radius 3 is 2.96 bits per heavy atom. The number of methoxy groups -OCH3 is 1. The molecule has 1 unspecified atom stereocenters. The van der Waals surface area contributed by atoms with Crippen LogP contribution < -0.4 is 10.1 Å². The number of amidine groups is 1. The summed E-state index contributed by atoms with van der Waals surface area (Å²) in [6, 6.07) is 3.10. The van der Waals surface area contributed by atoms with Gasteiger partial charge in [-0.2, -0.15) is 5.10 Å². The number of hydrogen-bond donors (Lipinski definition) is 3. The van der Waals surface area contributed by atoms with E-state index in [2.05, 4.69) is 15.5 Å². The van der Waals surface area contributed by atoms with Gasteiger partial charge in [-0.1, -0.05) is 23.4 Å². The number of rotatable bonds is 5. The number of aromatic hydroxyl groups is 1. The molecule has 1 fully saturated rings. The van der Waals surface area contributed by atoms with E-state index >= 15 is 0 Å². The number of phenols is 1. The molecule has 2 rings (SSSR count). The maximum absolute atomic E-state index is 11.5. The van der Waals surface area contributed by atoms with Crippen molar-refractivity contribution in [1.29, 1.82) is 0 Å². The first-order chi connectivity index (χ1) is 10.9. The fourth-order valence-electron chi connectivity index (χ4n) is 1.71. The molecular weight excluding hydrogens is 346 g/mol. The van der Waals surface area contributed by atoms with Gasteiger partial charge in [-0.25, -0.2) is 0 Å². The predicted molar refractivity (Wildman–Crippen MR) is 86.5 cm³/mol. The van der Waals surface area contributed by atoms with E-state index in [4.69, 9.17) is 21.4 Å². The molecule has 0 radical (unpaired) electrons. The molecule has 1 aromatic carbocycles. The number of carboxylic acids is 1. The van der Waals surface area contributed by atoms with Gasteiger partial charge >= 0.3 is 5.97 Å². The molecular formula is C13H12ClN3O5S. The Hall–Kier alpha value is -2.26. The summed E-state index contributed by atoms with van der Waals surface area (Å²) in [5, 5.41) is 28.0. The molecule has 0 bridgehead atoms. The molecule has 1 amide bonds. The van der Waals surface area contributed by atoms with Crippen molar-refractivity contribution >= 4 is 46.6 Å². The zero-order valence-corrected chi connectivity index (χ0v) is 13.4. The van der Waals surface area contributed by atoms with Crippen LogP contribution >= 0.6 is 23.4 Å². The lowest BCUT2D eigenvalue weighted by Crippen LogP contribution is -2.26. The van der Waals surface area contributed by atoms with Crippen LogP contribution in [-0.4, -0.2) is 45.8 Å². The number of amides is 1. The van der Waals surface area contributed by atoms with E-state index in [0.29, 0.717) is 11.3 Å². The third-order valence-electron chi connectivity index (χ3n) is 2.81. The number of halogens is 1. The Morgan fingerprint density at radius 2 is 2.30 bits per heavy atom. The van der Waals surface area contributed by atoms with Crippen LogP contribution in [0.2, 0.25) is 5.02 Å². The minimum absolute atomic E-state index is 0.0502. The summed E-state index contributed by atoms with van der Waals surface area (Å²) < 4.78 is 4.96. The molecule has 0 aromatic heterocycles. The Kier molecular flexibility index (Phi) is 5.45. The maximum atomic E-state index is 11.5. The van der Waals surface area contributed by atoms with Crippen molar-refractivity contribution in [3.63, 3.8) is 0 Å². The van der Waals surface area contributed by atoms with Crippen LogP contribution in [0.25, 0.3) is 0 Å². The van der Waals surface area contributed by atoms with E-state index < -0.39 is 17.1 Å². The first-order valence-electron chi connectivity index (χ1n) is 6.28. The number of ether oxygens (including phenoxy) is 1. The number of aliphatic carboxylic acids is 1. The number of thioether (sulfide) groups is 1. The number of nitrogens with one attached hydrogen (secondary N) is 1. The normalized spacial score (nSPS) is 19.3. The zero-order valence-electron chi connectivity index (χ0n) is 11.8. The summed E-state index contributed by atoms with van der Waals surface area (Å²) in [4.78, 5) is 22.1. The van der Waals surface area contributed by atoms with E-state index in [-0.39, 0.29) is 22.4 Å². The smallest absolute Gasteiger partial charge is 0.305 e. The Labute approximate surface area is 140 Å². The van der Waals surface area contributed by atoms with Crippen molar-refractivity contribution in [3.05, 3.63) is 22.7 Å². The summed E-state index contributed by atoms with van der Waals surface area (Å²) in [5.74, 6) is -1.38. The lowest BCUT2D eigenvalue weighted by atomic mass is 10.2. The van der Waals surface area contributed by atoms with E-state index in [1.165, 1.54) is 19.4 Å². The predicted octanol–water partition coefficient (Wildman–Crippen LogP) is 1.45. The second-order valence-electron chi connectivity index (χ2n) is 4.36.